The second-order valence-corrected chi connectivity index (χ2v) is 5.99. The minimum Gasteiger partial charge on any atom is -0.357 e. The summed E-state index contributed by atoms with van der Waals surface area (Å²) in [4.78, 5) is 9.91. The fraction of sp³-hybridized carbons (Fsp3) is 0.417. The smallest absolute Gasteiger partial charge is 0.191 e. The normalized spacial score (nSPS) is 11.1. The van der Waals surface area contributed by atoms with Crippen LogP contribution in [0.2, 0.25) is 0 Å². The molecule has 0 saturated carbocycles. The van der Waals surface area contributed by atoms with Crippen LogP contribution in [0, 0.1) is 0 Å². The Kier molecular flexibility index (Phi) is 8.19. The number of aliphatic imine (C=N–C) groups is 1. The number of nitrogens with one attached hydrogen (secondary N) is 2. The molecule has 0 aliphatic carbocycles. The lowest BCUT2D eigenvalue weighted by molar-refractivity contribution is 0.697. The molecule has 9 heteroatoms. The van der Waals surface area contributed by atoms with Gasteiger partial charge >= 0.3 is 0 Å². The largest absolute Gasteiger partial charge is 0.357 e. The first-order valence-corrected chi connectivity index (χ1v) is 7.94. The van der Waals surface area contributed by atoms with Gasteiger partial charge in [-0.2, -0.15) is 5.10 Å². The lowest BCUT2D eigenvalue weighted by Crippen LogP contribution is -2.36. The number of guanidine groups is 1. The van der Waals surface area contributed by atoms with E-state index in [-0.39, 0.29) is 24.0 Å². The molecule has 0 unspecified atom stereocenters. The van der Waals surface area contributed by atoms with E-state index in [0.717, 1.165) is 29.3 Å². The van der Waals surface area contributed by atoms with Gasteiger partial charge < -0.3 is 10.6 Å². The van der Waals surface area contributed by atoms with Gasteiger partial charge in [-0.25, -0.2) is 9.98 Å². The summed E-state index contributed by atoms with van der Waals surface area (Å²) >= 11 is 5.16. The Labute approximate surface area is 153 Å². The minimum atomic E-state index is 0. The first-order valence-electron chi connectivity index (χ1n) is 6.27. The van der Waals surface area contributed by atoms with Crippen molar-refractivity contribution in [1.82, 2.24) is 25.4 Å². The maximum Gasteiger partial charge on any atom is 0.191 e. The number of hydrogen-bond acceptors (Lipinski definition) is 4. The van der Waals surface area contributed by atoms with E-state index < -0.39 is 0 Å². The molecule has 0 saturated heterocycles. The van der Waals surface area contributed by atoms with Gasteiger partial charge in [0.1, 0.15) is 18.7 Å². The van der Waals surface area contributed by atoms with Crippen LogP contribution in [-0.4, -0.2) is 27.3 Å². The Balaban J connectivity index is 0.00000220. The Bertz CT molecular complexity index is 582. The average Bonchev–Trinajstić information content (AvgIpc) is 3.02. The monoisotopic (exact) mass is 484 g/mol. The maximum atomic E-state index is 4.50. The molecule has 0 aliphatic rings. The molecule has 0 radical (unpaired) electrons. The van der Waals surface area contributed by atoms with Gasteiger partial charge in [-0.15, -0.1) is 35.3 Å². The average molecular weight is 485 g/mol. The number of halogens is 2. The predicted octanol–water partition coefficient (Wildman–Crippen LogP) is 2.51. The van der Waals surface area contributed by atoms with Crippen LogP contribution >= 0.6 is 51.2 Å². The van der Waals surface area contributed by atoms with Crippen molar-refractivity contribution in [1.29, 1.82) is 0 Å². The summed E-state index contributed by atoms with van der Waals surface area (Å²) in [7, 11) is 1.86. The molecule has 2 aromatic heterocycles. The number of aromatic nitrogens is 3. The highest BCUT2D eigenvalue weighted by Gasteiger charge is 2.03. The third-order valence-corrected chi connectivity index (χ3v) is 4.28. The first kappa shape index (κ1) is 18.4. The van der Waals surface area contributed by atoms with E-state index in [2.05, 4.69) is 53.1 Å². The first-order chi connectivity index (χ1) is 9.69. The van der Waals surface area contributed by atoms with E-state index >= 15 is 0 Å². The molecular weight excluding hydrogens is 467 g/mol. The van der Waals surface area contributed by atoms with Gasteiger partial charge in [-0.05, 0) is 28.9 Å². The van der Waals surface area contributed by atoms with E-state index in [1.54, 1.807) is 16.0 Å². The molecule has 2 aromatic rings. The summed E-state index contributed by atoms with van der Waals surface area (Å²) in [6, 6.07) is 2.10. The zero-order valence-electron chi connectivity index (χ0n) is 11.8. The number of rotatable bonds is 5. The zero-order valence-corrected chi connectivity index (χ0v) is 16.6. The second-order valence-electron chi connectivity index (χ2n) is 4.08. The molecule has 2 N–H and O–H groups in total. The van der Waals surface area contributed by atoms with Crippen molar-refractivity contribution in [3.63, 3.8) is 0 Å². The number of thiophene rings is 1. The highest BCUT2D eigenvalue weighted by Crippen LogP contribution is 2.19. The van der Waals surface area contributed by atoms with Crippen molar-refractivity contribution in [2.24, 2.45) is 12.0 Å². The summed E-state index contributed by atoms with van der Waals surface area (Å²) in [6.45, 7) is 4.11. The molecule has 0 atom stereocenters. The molecule has 0 spiro atoms. The Morgan fingerprint density at radius 3 is 2.86 bits per heavy atom. The molecule has 6 nitrogen and oxygen atoms in total. The second kappa shape index (κ2) is 9.36. The van der Waals surface area contributed by atoms with Crippen molar-refractivity contribution in [2.45, 2.75) is 20.0 Å². The van der Waals surface area contributed by atoms with E-state index in [0.29, 0.717) is 6.54 Å². The predicted molar refractivity (Wildman–Crippen MR) is 100 cm³/mol. The van der Waals surface area contributed by atoms with E-state index in [4.69, 9.17) is 0 Å². The van der Waals surface area contributed by atoms with Gasteiger partial charge in [0.25, 0.3) is 0 Å². The molecule has 0 fully saturated rings. The number of hydrogen-bond donors (Lipinski definition) is 2. The van der Waals surface area contributed by atoms with Crippen LogP contribution < -0.4 is 10.6 Å². The molecular formula is C12H18BrIN6S. The van der Waals surface area contributed by atoms with Crippen LogP contribution in [0.25, 0.3) is 0 Å². The lowest BCUT2D eigenvalue weighted by Gasteiger charge is -2.10. The summed E-state index contributed by atoms with van der Waals surface area (Å²) in [5.74, 6) is 1.61. The van der Waals surface area contributed by atoms with Gasteiger partial charge in [0.05, 0.1) is 6.54 Å². The van der Waals surface area contributed by atoms with Crippen molar-refractivity contribution in [3.8, 4) is 0 Å². The molecule has 2 heterocycles. The molecule has 116 valence electrons. The third-order valence-electron chi connectivity index (χ3n) is 2.58. The van der Waals surface area contributed by atoms with Crippen LogP contribution in [0.3, 0.4) is 0 Å². The van der Waals surface area contributed by atoms with Crippen molar-refractivity contribution >= 4 is 57.2 Å². The topological polar surface area (TPSA) is 67.1 Å². The third kappa shape index (κ3) is 5.91. The molecule has 0 aliphatic heterocycles. The molecule has 0 bridgehead atoms. The van der Waals surface area contributed by atoms with Crippen LogP contribution in [0.15, 0.2) is 27.2 Å². The maximum absolute atomic E-state index is 4.50. The van der Waals surface area contributed by atoms with Gasteiger partial charge in [-0.1, -0.05) is 0 Å². The van der Waals surface area contributed by atoms with Gasteiger partial charge in [0.15, 0.2) is 5.96 Å². The Morgan fingerprint density at radius 1 is 1.48 bits per heavy atom. The van der Waals surface area contributed by atoms with Crippen LogP contribution in [0.4, 0.5) is 0 Å². The fourth-order valence-electron chi connectivity index (χ4n) is 1.57. The van der Waals surface area contributed by atoms with Crippen LogP contribution in [-0.2, 0) is 20.1 Å². The summed E-state index contributed by atoms with van der Waals surface area (Å²) in [6.07, 6.45) is 1.54. The summed E-state index contributed by atoms with van der Waals surface area (Å²) < 4.78 is 2.84. The molecule has 0 amide bonds. The fourth-order valence-corrected chi connectivity index (χ4v) is 2.96. The van der Waals surface area contributed by atoms with E-state index in [9.17, 15) is 0 Å². The molecule has 2 rings (SSSR count). The Morgan fingerprint density at radius 2 is 2.29 bits per heavy atom. The Hall–Kier alpha value is -0.680. The van der Waals surface area contributed by atoms with Crippen molar-refractivity contribution < 1.29 is 0 Å². The van der Waals surface area contributed by atoms with Crippen molar-refractivity contribution in [3.05, 3.63) is 32.9 Å². The van der Waals surface area contributed by atoms with E-state index in [1.807, 2.05) is 14.0 Å². The van der Waals surface area contributed by atoms with Crippen LogP contribution in [0.1, 0.15) is 17.6 Å². The summed E-state index contributed by atoms with van der Waals surface area (Å²) in [5.41, 5.74) is 0. The van der Waals surface area contributed by atoms with Gasteiger partial charge in [-0.3, -0.25) is 4.68 Å². The van der Waals surface area contributed by atoms with E-state index in [1.165, 1.54) is 11.2 Å². The van der Waals surface area contributed by atoms with Gasteiger partial charge in [0, 0.05) is 28.3 Å². The van der Waals surface area contributed by atoms with Crippen molar-refractivity contribution in [2.75, 3.05) is 6.54 Å². The van der Waals surface area contributed by atoms with Crippen LogP contribution in [0.5, 0.6) is 0 Å². The molecule has 0 aromatic carbocycles. The quantitative estimate of drug-likeness (QED) is 0.388. The minimum absolute atomic E-state index is 0. The SMILES string of the molecule is CCNC(=NCc1ncnn1C)NCc1cc(Br)cs1.I. The molecule has 21 heavy (non-hydrogen) atoms. The number of aryl methyl sites for hydroxylation is 1. The van der Waals surface area contributed by atoms with Gasteiger partial charge in [0.2, 0.25) is 0 Å². The highest BCUT2D eigenvalue weighted by atomic mass is 127. The highest BCUT2D eigenvalue weighted by molar-refractivity contribution is 14.0. The zero-order chi connectivity index (χ0) is 14.4. The number of nitrogens with zero attached hydrogens (tertiary/aromatic N) is 4. The lowest BCUT2D eigenvalue weighted by atomic mass is 10.4. The standard InChI is InChI=1S/C12H17BrN6S.HI/c1-3-14-12(15-5-10-4-9(13)7-20-10)16-6-11-17-8-18-19(11)2;/h4,7-8H,3,5-6H2,1-2H3,(H2,14,15,16);1H. The summed E-state index contributed by atoms with van der Waals surface area (Å²) in [5, 5.41) is 12.6.